The van der Waals surface area contributed by atoms with Crippen molar-refractivity contribution in [2.75, 3.05) is 12.8 Å². The predicted molar refractivity (Wildman–Crippen MR) is 89.2 cm³/mol. The number of nitrogens with zero attached hydrogens (tertiary/aromatic N) is 1. The Morgan fingerprint density at radius 1 is 1.27 bits per heavy atom. The van der Waals surface area contributed by atoms with Gasteiger partial charge in [0.2, 0.25) is 0 Å². The summed E-state index contributed by atoms with van der Waals surface area (Å²) in [6, 6.07) is 7.83. The van der Waals surface area contributed by atoms with E-state index in [-0.39, 0.29) is 18.4 Å². The van der Waals surface area contributed by atoms with E-state index < -0.39 is 5.97 Å². The molecule has 0 saturated carbocycles. The van der Waals surface area contributed by atoms with Gasteiger partial charge >= 0.3 is 5.97 Å². The van der Waals surface area contributed by atoms with Crippen LogP contribution in [0.5, 0.6) is 0 Å². The molecule has 5 heteroatoms. The van der Waals surface area contributed by atoms with Crippen LogP contribution in [0.3, 0.4) is 0 Å². The van der Waals surface area contributed by atoms with Gasteiger partial charge in [-0.1, -0.05) is 12.1 Å². The van der Waals surface area contributed by atoms with Crippen LogP contribution in [0, 0.1) is 0 Å². The zero-order chi connectivity index (χ0) is 15.9. The van der Waals surface area contributed by atoms with Crippen LogP contribution in [-0.2, 0) is 10.5 Å². The Kier molecular flexibility index (Phi) is 6.31. The van der Waals surface area contributed by atoms with Crippen molar-refractivity contribution in [3.05, 3.63) is 35.4 Å². The zero-order valence-corrected chi connectivity index (χ0v) is 13.8. The molecule has 1 N–H and O–H groups in total. The molecule has 4 nitrogen and oxygen atoms in total. The van der Waals surface area contributed by atoms with Gasteiger partial charge in [-0.2, -0.15) is 11.8 Å². The molecule has 1 atom stereocenters. The SMILES string of the molecule is CSCc1ccc(C(=O)N2CCCC[C@@H]2CCC(=O)O)cc1. The summed E-state index contributed by atoms with van der Waals surface area (Å²) in [5, 5.41) is 8.86. The zero-order valence-electron chi connectivity index (χ0n) is 13.0. The van der Waals surface area contributed by atoms with Gasteiger partial charge in [-0.15, -0.1) is 0 Å². The molecule has 1 aliphatic heterocycles. The van der Waals surface area contributed by atoms with Gasteiger partial charge in [-0.3, -0.25) is 9.59 Å². The number of thioether (sulfide) groups is 1. The number of carbonyl (C=O) groups is 2. The molecule has 0 aliphatic carbocycles. The van der Waals surface area contributed by atoms with Crippen LogP contribution in [0.2, 0.25) is 0 Å². The molecular formula is C17H23NO3S. The van der Waals surface area contributed by atoms with E-state index in [1.54, 1.807) is 11.8 Å². The van der Waals surface area contributed by atoms with Gasteiger partial charge in [-0.25, -0.2) is 0 Å². The first-order valence-electron chi connectivity index (χ1n) is 7.72. The highest BCUT2D eigenvalue weighted by Crippen LogP contribution is 2.23. The maximum absolute atomic E-state index is 12.7. The van der Waals surface area contributed by atoms with Gasteiger partial charge < -0.3 is 10.0 Å². The fourth-order valence-corrected chi connectivity index (χ4v) is 3.46. The summed E-state index contributed by atoms with van der Waals surface area (Å²) < 4.78 is 0. The number of amides is 1. The quantitative estimate of drug-likeness (QED) is 0.872. The third kappa shape index (κ3) is 4.50. The molecule has 0 aromatic heterocycles. The smallest absolute Gasteiger partial charge is 0.303 e. The summed E-state index contributed by atoms with van der Waals surface area (Å²) >= 11 is 1.76. The van der Waals surface area contributed by atoms with Gasteiger partial charge in [0, 0.05) is 30.3 Å². The van der Waals surface area contributed by atoms with Crippen LogP contribution in [0.1, 0.15) is 48.0 Å². The summed E-state index contributed by atoms with van der Waals surface area (Å²) in [6.45, 7) is 0.732. The molecule has 1 saturated heterocycles. The minimum absolute atomic E-state index is 0.0331. The Balaban J connectivity index is 2.05. The Bertz CT molecular complexity index is 515. The van der Waals surface area contributed by atoms with Gasteiger partial charge in [0.1, 0.15) is 0 Å². The second-order valence-corrected chi connectivity index (χ2v) is 6.58. The third-order valence-corrected chi connectivity index (χ3v) is 4.71. The molecule has 120 valence electrons. The molecule has 0 unspecified atom stereocenters. The van der Waals surface area contributed by atoms with Gasteiger partial charge in [0.25, 0.3) is 5.91 Å². The van der Waals surface area contributed by atoms with Crippen molar-refractivity contribution in [3.63, 3.8) is 0 Å². The van der Waals surface area contributed by atoms with E-state index in [2.05, 4.69) is 6.26 Å². The summed E-state index contributed by atoms with van der Waals surface area (Å²) in [5.74, 6) is 0.185. The minimum atomic E-state index is -0.792. The lowest BCUT2D eigenvalue weighted by Crippen LogP contribution is -2.43. The van der Waals surface area contributed by atoms with Crippen LogP contribution >= 0.6 is 11.8 Å². The number of carbonyl (C=O) groups excluding carboxylic acids is 1. The average molecular weight is 321 g/mol. The van der Waals surface area contributed by atoms with Crippen molar-refractivity contribution in [2.45, 2.75) is 43.9 Å². The molecule has 1 amide bonds. The number of likely N-dealkylation sites (tertiary alicyclic amines) is 1. The van der Waals surface area contributed by atoms with E-state index >= 15 is 0 Å². The molecule has 2 rings (SSSR count). The molecule has 1 aromatic rings. The van der Waals surface area contributed by atoms with Crippen molar-refractivity contribution in [3.8, 4) is 0 Å². The van der Waals surface area contributed by atoms with Crippen LogP contribution in [0.15, 0.2) is 24.3 Å². The standard InChI is InChI=1S/C17H23NO3S/c1-22-12-13-5-7-14(8-6-13)17(21)18-11-3-2-4-15(18)9-10-16(19)20/h5-8,15H,2-4,9-12H2,1H3,(H,19,20)/t15-/m1/s1. The van der Waals surface area contributed by atoms with E-state index in [1.807, 2.05) is 29.2 Å². The number of hydrogen-bond acceptors (Lipinski definition) is 3. The topological polar surface area (TPSA) is 57.6 Å². The molecule has 0 spiro atoms. The second-order valence-electron chi connectivity index (χ2n) is 5.71. The first-order chi connectivity index (χ1) is 10.6. The number of carboxylic acids is 1. The van der Waals surface area contributed by atoms with Gasteiger partial charge in [0.05, 0.1) is 0 Å². The number of aliphatic carboxylic acids is 1. The number of piperidine rings is 1. The number of rotatable bonds is 6. The fourth-order valence-electron chi connectivity index (χ4n) is 2.93. The van der Waals surface area contributed by atoms with Crippen LogP contribution in [0.4, 0.5) is 0 Å². The van der Waals surface area contributed by atoms with Crippen molar-refractivity contribution < 1.29 is 14.7 Å². The summed E-state index contributed by atoms with van der Waals surface area (Å²) in [5.41, 5.74) is 1.91. The van der Waals surface area contributed by atoms with Crippen LogP contribution < -0.4 is 0 Å². The van der Waals surface area contributed by atoms with E-state index in [4.69, 9.17) is 5.11 Å². The highest BCUT2D eigenvalue weighted by atomic mass is 32.2. The summed E-state index contributed by atoms with van der Waals surface area (Å²) in [7, 11) is 0. The number of hydrogen-bond donors (Lipinski definition) is 1. The Labute approximate surface area is 135 Å². The van der Waals surface area contributed by atoms with E-state index in [0.717, 1.165) is 31.6 Å². The number of benzene rings is 1. The van der Waals surface area contributed by atoms with Crippen LogP contribution in [0.25, 0.3) is 0 Å². The predicted octanol–water partition coefficient (Wildman–Crippen LogP) is 3.41. The second kappa shape index (κ2) is 8.22. The molecule has 1 aromatic carbocycles. The minimum Gasteiger partial charge on any atom is -0.481 e. The van der Waals surface area contributed by atoms with Crippen LogP contribution in [-0.4, -0.2) is 40.7 Å². The number of carboxylic acid groups (broad SMARTS) is 1. The maximum Gasteiger partial charge on any atom is 0.303 e. The molecule has 1 heterocycles. The molecule has 0 bridgehead atoms. The third-order valence-electron chi connectivity index (χ3n) is 4.09. The van der Waals surface area contributed by atoms with Crippen molar-refractivity contribution in [2.24, 2.45) is 0 Å². The monoisotopic (exact) mass is 321 g/mol. The van der Waals surface area contributed by atoms with Gasteiger partial charge in [0.15, 0.2) is 0 Å². The van der Waals surface area contributed by atoms with E-state index in [1.165, 1.54) is 5.56 Å². The molecular weight excluding hydrogens is 298 g/mol. The molecule has 1 fully saturated rings. The maximum atomic E-state index is 12.7. The van der Waals surface area contributed by atoms with E-state index in [9.17, 15) is 9.59 Å². The highest BCUT2D eigenvalue weighted by molar-refractivity contribution is 7.97. The van der Waals surface area contributed by atoms with Crippen molar-refractivity contribution in [1.82, 2.24) is 4.90 Å². The first-order valence-corrected chi connectivity index (χ1v) is 9.12. The molecule has 1 aliphatic rings. The molecule has 22 heavy (non-hydrogen) atoms. The first kappa shape index (κ1) is 16.9. The summed E-state index contributed by atoms with van der Waals surface area (Å²) in [4.78, 5) is 25.4. The Morgan fingerprint density at radius 3 is 2.64 bits per heavy atom. The largest absolute Gasteiger partial charge is 0.481 e. The van der Waals surface area contributed by atoms with E-state index in [0.29, 0.717) is 12.0 Å². The molecule has 0 radical (unpaired) electrons. The lowest BCUT2D eigenvalue weighted by molar-refractivity contribution is -0.137. The summed E-state index contributed by atoms with van der Waals surface area (Å²) in [6.07, 6.45) is 5.71. The Hall–Kier alpha value is -1.49. The van der Waals surface area contributed by atoms with Gasteiger partial charge in [-0.05, 0) is 49.6 Å². The van der Waals surface area contributed by atoms with Crippen molar-refractivity contribution >= 4 is 23.6 Å². The fraction of sp³-hybridized carbons (Fsp3) is 0.529. The lowest BCUT2D eigenvalue weighted by Gasteiger charge is -2.35. The lowest BCUT2D eigenvalue weighted by atomic mass is 9.97. The Morgan fingerprint density at radius 2 is 2.00 bits per heavy atom. The normalized spacial score (nSPS) is 18.2. The average Bonchev–Trinajstić information content (AvgIpc) is 2.53. The highest BCUT2D eigenvalue weighted by Gasteiger charge is 2.27. The van der Waals surface area contributed by atoms with Crippen molar-refractivity contribution in [1.29, 1.82) is 0 Å².